The number of carbonyl (C=O) groups excluding carboxylic acids is 1. The Kier molecular flexibility index (Phi) is 4.24. The van der Waals surface area contributed by atoms with Gasteiger partial charge in [0.2, 0.25) is 0 Å². The summed E-state index contributed by atoms with van der Waals surface area (Å²) in [6.45, 7) is 3.65. The normalized spacial score (nSPS) is 15.1. The Morgan fingerprint density at radius 1 is 1.55 bits per heavy atom. The van der Waals surface area contributed by atoms with Gasteiger partial charge in [-0.2, -0.15) is 0 Å². The predicted octanol–water partition coefficient (Wildman–Crippen LogP) is 2.63. The zero-order valence-electron chi connectivity index (χ0n) is 11.0. The number of nitrogens with one attached hydrogen (secondary N) is 2. The Morgan fingerprint density at radius 3 is 3.25 bits per heavy atom. The summed E-state index contributed by atoms with van der Waals surface area (Å²) < 4.78 is 0.892. The predicted molar refractivity (Wildman–Crippen MR) is 84.1 cm³/mol. The number of hydrogen-bond donors (Lipinski definition) is 2. The van der Waals surface area contributed by atoms with Crippen LogP contribution in [0, 0.1) is 0 Å². The summed E-state index contributed by atoms with van der Waals surface area (Å²) in [6, 6.07) is 4.00. The van der Waals surface area contributed by atoms with Gasteiger partial charge in [0.05, 0.1) is 0 Å². The lowest BCUT2D eigenvalue weighted by molar-refractivity contribution is 0.0943. The maximum absolute atomic E-state index is 11.9. The molecule has 0 atom stereocenters. The lowest BCUT2D eigenvalue weighted by atomic mass is 10.1. The lowest BCUT2D eigenvalue weighted by Gasteiger charge is -2.26. The van der Waals surface area contributed by atoms with E-state index in [1.807, 2.05) is 11.3 Å². The fourth-order valence-electron chi connectivity index (χ4n) is 2.42. The first-order valence-corrected chi connectivity index (χ1v) is 8.29. The number of hydrogen-bond acceptors (Lipinski definition) is 3. The number of aromatic amines is 1. The van der Waals surface area contributed by atoms with E-state index in [4.69, 9.17) is 0 Å². The first-order chi connectivity index (χ1) is 9.72. The van der Waals surface area contributed by atoms with E-state index in [0.717, 1.165) is 30.5 Å². The van der Waals surface area contributed by atoms with Crippen molar-refractivity contribution in [3.05, 3.63) is 44.3 Å². The maximum atomic E-state index is 11.9. The van der Waals surface area contributed by atoms with Gasteiger partial charge in [0.1, 0.15) is 5.69 Å². The van der Waals surface area contributed by atoms with E-state index in [1.165, 1.54) is 10.4 Å². The topological polar surface area (TPSA) is 48.1 Å². The molecule has 0 unspecified atom stereocenters. The summed E-state index contributed by atoms with van der Waals surface area (Å²) in [5.74, 6) is -0.0519. The highest BCUT2D eigenvalue weighted by atomic mass is 79.9. The second-order valence-electron chi connectivity index (χ2n) is 4.88. The Morgan fingerprint density at radius 2 is 2.45 bits per heavy atom. The molecule has 0 spiro atoms. The number of amides is 1. The first kappa shape index (κ1) is 13.9. The molecular weight excluding hydrogens is 338 g/mol. The van der Waals surface area contributed by atoms with Crippen molar-refractivity contribution in [3.63, 3.8) is 0 Å². The summed E-state index contributed by atoms with van der Waals surface area (Å²) in [6.07, 6.45) is 2.89. The number of thiophene rings is 1. The molecule has 3 heterocycles. The smallest absolute Gasteiger partial charge is 0.267 e. The Balaban J connectivity index is 1.46. The molecule has 0 bridgehead atoms. The van der Waals surface area contributed by atoms with Gasteiger partial charge in [0.25, 0.3) is 5.91 Å². The third-order valence-electron chi connectivity index (χ3n) is 3.49. The third-order valence-corrected chi connectivity index (χ3v) is 4.97. The van der Waals surface area contributed by atoms with Crippen LogP contribution in [0.25, 0.3) is 0 Å². The van der Waals surface area contributed by atoms with Crippen LogP contribution < -0.4 is 5.32 Å². The van der Waals surface area contributed by atoms with Gasteiger partial charge >= 0.3 is 0 Å². The van der Waals surface area contributed by atoms with E-state index >= 15 is 0 Å². The summed E-state index contributed by atoms with van der Waals surface area (Å²) in [5.41, 5.74) is 2.04. The van der Waals surface area contributed by atoms with Crippen molar-refractivity contribution >= 4 is 33.2 Å². The molecule has 1 aliphatic heterocycles. The van der Waals surface area contributed by atoms with Crippen LogP contribution in [0.15, 0.2) is 28.2 Å². The molecule has 1 amide bonds. The van der Waals surface area contributed by atoms with Gasteiger partial charge in [-0.1, -0.05) is 0 Å². The number of carbonyl (C=O) groups is 1. The minimum Gasteiger partial charge on any atom is -0.356 e. The summed E-state index contributed by atoms with van der Waals surface area (Å²) >= 11 is 5.17. The molecule has 6 heteroatoms. The van der Waals surface area contributed by atoms with Crippen LogP contribution >= 0.6 is 27.3 Å². The first-order valence-electron chi connectivity index (χ1n) is 6.62. The van der Waals surface area contributed by atoms with Crippen molar-refractivity contribution in [1.29, 1.82) is 0 Å². The van der Waals surface area contributed by atoms with Crippen molar-refractivity contribution in [3.8, 4) is 0 Å². The van der Waals surface area contributed by atoms with E-state index in [-0.39, 0.29) is 5.91 Å². The number of fused-ring (bicyclic) bond motifs is 1. The van der Waals surface area contributed by atoms with E-state index in [1.54, 1.807) is 12.3 Å². The van der Waals surface area contributed by atoms with Crippen molar-refractivity contribution in [1.82, 2.24) is 15.2 Å². The third kappa shape index (κ3) is 3.13. The Bertz CT molecular complexity index is 607. The van der Waals surface area contributed by atoms with Crippen LogP contribution in [0.4, 0.5) is 0 Å². The number of halogens is 1. The van der Waals surface area contributed by atoms with Crippen LogP contribution in [0.3, 0.4) is 0 Å². The molecule has 106 valence electrons. The standard InChI is InChI=1S/C14H16BrN3OS/c15-11-7-12(17-8-11)14(19)16-3-5-18-4-1-13-10(9-18)2-6-20-13/h2,6-8,17H,1,3-5,9H2,(H,16,19). The molecule has 2 aromatic rings. The molecule has 20 heavy (non-hydrogen) atoms. The highest BCUT2D eigenvalue weighted by Gasteiger charge is 2.17. The van der Waals surface area contributed by atoms with Gasteiger partial charge in [-0.25, -0.2) is 0 Å². The minimum absolute atomic E-state index is 0.0519. The van der Waals surface area contributed by atoms with Crippen LogP contribution in [-0.2, 0) is 13.0 Å². The molecule has 4 nitrogen and oxygen atoms in total. The van der Waals surface area contributed by atoms with Crippen molar-refractivity contribution in [2.75, 3.05) is 19.6 Å². The average Bonchev–Trinajstić information content (AvgIpc) is 3.06. The Labute approximate surface area is 130 Å². The van der Waals surface area contributed by atoms with E-state index in [2.05, 4.69) is 42.6 Å². The van der Waals surface area contributed by atoms with Crippen molar-refractivity contribution < 1.29 is 4.79 Å². The highest BCUT2D eigenvalue weighted by molar-refractivity contribution is 9.10. The quantitative estimate of drug-likeness (QED) is 0.887. The minimum atomic E-state index is -0.0519. The van der Waals surface area contributed by atoms with Gasteiger partial charge in [-0.15, -0.1) is 11.3 Å². The fourth-order valence-corrected chi connectivity index (χ4v) is 3.65. The molecule has 0 fully saturated rings. The Hall–Kier alpha value is -1.11. The van der Waals surface area contributed by atoms with Crippen LogP contribution in [0.1, 0.15) is 20.9 Å². The largest absolute Gasteiger partial charge is 0.356 e. The van der Waals surface area contributed by atoms with Gasteiger partial charge in [0.15, 0.2) is 0 Å². The van der Waals surface area contributed by atoms with E-state index in [9.17, 15) is 4.79 Å². The molecule has 0 radical (unpaired) electrons. The average molecular weight is 354 g/mol. The number of nitrogens with zero attached hydrogens (tertiary/aromatic N) is 1. The van der Waals surface area contributed by atoms with Crippen LogP contribution in [0.2, 0.25) is 0 Å². The zero-order valence-corrected chi connectivity index (χ0v) is 13.4. The second kappa shape index (κ2) is 6.11. The van der Waals surface area contributed by atoms with Crippen molar-refractivity contribution in [2.45, 2.75) is 13.0 Å². The summed E-state index contributed by atoms with van der Waals surface area (Å²) in [5, 5.41) is 5.11. The van der Waals surface area contributed by atoms with Gasteiger partial charge in [-0.05, 0) is 45.4 Å². The number of aromatic nitrogens is 1. The maximum Gasteiger partial charge on any atom is 0.267 e. The number of rotatable bonds is 4. The lowest BCUT2D eigenvalue weighted by Crippen LogP contribution is -2.37. The fraction of sp³-hybridized carbons (Fsp3) is 0.357. The van der Waals surface area contributed by atoms with Gasteiger partial charge in [0, 0.05) is 41.7 Å². The van der Waals surface area contributed by atoms with Crippen LogP contribution in [0.5, 0.6) is 0 Å². The number of H-pyrrole nitrogens is 1. The zero-order chi connectivity index (χ0) is 13.9. The summed E-state index contributed by atoms with van der Waals surface area (Å²) in [7, 11) is 0. The van der Waals surface area contributed by atoms with Crippen LogP contribution in [-0.4, -0.2) is 35.4 Å². The molecule has 1 aliphatic rings. The SMILES string of the molecule is O=C(NCCN1CCc2sccc2C1)c1cc(Br)c[nH]1. The monoisotopic (exact) mass is 353 g/mol. The molecule has 0 aliphatic carbocycles. The van der Waals surface area contributed by atoms with E-state index in [0.29, 0.717) is 12.2 Å². The molecule has 2 aromatic heterocycles. The van der Waals surface area contributed by atoms with Gasteiger partial charge < -0.3 is 10.3 Å². The summed E-state index contributed by atoms with van der Waals surface area (Å²) in [4.78, 5) is 18.7. The molecular formula is C14H16BrN3OS. The molecule has 0 aromatic carbocycles. The van der Waals surface area contributed by atoms with Crippen molar-refractivity contribution in [2.24, 2.45) is 0 Å². The molecule has 3 rings (SSSR count). The van der Waals surface area contributed by atoms with Gasteiger partial charge in [-0.3, -0.25) is 9.69 Å². The van der Waals surface area contributed by atoms with E-state index < -0.39 is 0 Å². The molecule has 2 N–H and O–H groups in total. The second-order valence-corrected chi connectivity index (χ2v) is 6.80. The molecule has 0 saturated carbocycles. The molecule has 0 saturated heterocycles. The highest BCUT2D eigenvalue weighted by Crippen LogP contribution is 2.23.